The maximum Gasteiger partial charge on any atom is 0.190 e. The largest absolute Gasteiger partial charge is 0.469 e. The van der Waals surface area contributed by atoms with Crippen LogP contribution in [0.15, 0.2) is 27.8 Å². The SMILES string of the molecule is CN=C(NCCCC1CC1)NCCc1ccco1.I. The van der Waals surface area contributed by atoms with Gasteiger partial charge in [-0.05, 0) is 30.9 Å². The molecule has 1 aliphatic rings. The summed E-state index contributed by atoms with van der Waals surface area (Å²) in [4.78, 5) is 4.20. The van der Waals surface area contributed by atoms with Crippen LogP contribution in [0, 0.1) is 5.92 Å². The Kier molecular flexibility index (Phi) is 7.93. The number of aliphatic imine (C=N–C) groups is 1. The highest BCUT2D eigenvalue weighted by atomic mass is 127. The minimum absolute atomic E-state index is 0. The molecule has 1 saturated carbocycles. The topological polar surface area (TPSA) is 49.6 Å². The lowest BCUT2D eigenvalue weighted by Crippen LogP contribution is -2.38. The molecule has 0 bridgehead atoms. The van der Waals surface area contributed by atoms with Gasteiger partial charge in [0.15, 0.2) is 5.96 Å². The lowest BCUT2D eigenvalue weighted by atomic mass is 10.2. The van der Waals surface area contributed by atoms with Gasteiger partial charge in [0, 0.05) is 26.6 Å². The third kappa shape index (κ3) is 6.84. The molecule has 2 rings (SSSR count). The molecule has 2 N–H and O–H groups in total. The third-order valence-electron chi connectivity index (χ3n) is 3.25. The Hall–Kier alpha value is -0.720. The van der Waals surface area contributed by atoms with Gasteiger partial charge in [0.1, 0.15) is 5.76 Å². The Labute approximate surface area is 132 Å². The van der Waals surface area contributed by atoms with Crippen molar-refractivity contribution < 1.29 is 4.42 Å². The summed E-state index contributed by atoms with van der Waals surface area (Å²) in [6, 6.07) is 3.91. The Balaban J connectivity index is 0.00000180. The van der Waals surface area contributed by atoms with Crippen LogP contribution in [0.5, 0.6) is 0 Å². The number of hydrogen-bond donors (Lipinski definition) is 2. The van der Waals surface area contributed by atoms with Crippen molar-refractivity contribution in [2.45, 2.75) is 32.1 Å². The number of rotatable bonds is 7. The maximum absolute atomic E-state index is 5.28. The Bertz CT molecular complexity index is 361. The molecule has 1 aromatic heterocycles. The Morgan fingerprint density at radius 2 is 2.16 bits per heavy atom. The van der Waals surface area contributed by atoms with Crippen LogP contribution in [0.4, 0.5) is 0 Å². The van der Waals surface area contributed by atoms with Gasteiger partial charge in [0.2, 0.25) is 0 Å². The summed E-state index contributed by atoms with van der Waals surface area (Å²) in [7, 11) is 1.81. The molecule has 0 unspecified atom stereocenters. The van der Waals surface area contributed by atoms with E-state index in [1.54, 1.807) is 6.26 Å². The van der Waals surface area contributed by atoms with E-state index >= 15 is 0 Å². The molecule has 0 spiro atoms. The molecule has 1 aromatic rings. The van der Waals surface area contributed by atoms with Gasteiger partial charge >= 0.3 is 0 Å². The van der Waals surface area contributed by atoms with Crippen molar-refractivity contribution in [1.82, 2.24) is 10.6 Å². The quantitative estimate of drug-likeness (QED) is 0.333. The smallest absolute Gasteiger partial charge is 0.190 e. The Morgan fingerprint density at radius 3 is 2.79 bits per heavy atom. The number of halogens is 1. The van der Waals surface area contributed by atoms with Crippen LogP contribution < -0.4 is 10.6 Å². The molecule has 0 aliphatic heterocycles. The van der Waals surface area contributed by atoms with Gasteiger partial charge in [0.05, 0.1) is 6.26 Å². The minimum atomic E-state index is 0. The predicted molar refractivity (Wildman–Crippen MR) is 89.1 cm³/mol. The molecule has 0 radical (unpaired) electrons. The van der Waals surface area contributed by atoms with Crippen molar-refractivity contribution in [1.29, 1.82) is 0 Å². The van der Waals surface area contributed by atoms with Crippen LogP contribution in [0.3, 0.4) is 0 Å². The van der Waals surface area contributed by atoms with E-state index in [2.05, 4.69) is 15.6 Å². The van der Waals surface area contributed by atoms with Gasteiger partial charge in [-0.1, -0.05) is 12.8 Å². The minimum Gasteiger partial charge on any atom is -0.469 e. The van der Waals surface area contributed by atoms with Crippen molar-refractivity contribution in [2.24, 2.45) is 10.9 Å². The number of guanidine groups is 1. The van der Waals surface area contributed by atoms with E-state index in [1.165, 1.54) is 25.7 Å². The zero-order valence-electron chi connectivity index (χ0n) is 11.5. The molecule has 108 valence electrons. The highest BCUT2D eigenvalue weighted by molar-refractivity contribution is 14.0. The lowest BCUT2D eigenvalue weighted by molar-refractivity contribution is 0.506. The van der Waals surface area contributed by atoms with E-state index in [1.807, 2.05) is 19.2 Å². The van der Waals surface area contributed by atoms with Crippen molar-refractivity contribution in [3.63, 3.8) is 0 Å². The van der Waals surface area contributed by atoms with Crippen molar-refractivity contribution >= 4 is 29.9 Å². The first-order valence-electron chi connectivity index (χ1n) is 6.85. The average Bonchev–Trinajstić information content (AvgIpc) is 3.07. The molecule has 19 heavy (non-hydrogen) atoms. The first-order chi connectivity index (χ1) is 8.88. The summed E-state index contributed by atoms with van der Waals surface area (Å²) < 4.78 is 5.28. The van der Waals surface area contributed by atoms with E-state index in [4.69, 9.17) is 4.42 Å². The fourth-order valence-electron chi connectivity index (χ4n) is 1.98. The van der Waals surface area contributed by atoms with E-state index in [9.17, 15) is 0 Å². The van der Waals surface area contributed by atoms with Crippen LogP contribution in [-0.4, -0.2) is 26.1 Å². The van der Waals surface area contributed by atoms with Crippen molar-refractivity contribution in [3.05, 3.63) is 24.2 Å². The van der Waals surface area contributed by atoms with Crippen LogP contribution in [0.25, 0.3) is 0 Å². The summed E-state index contributed by atoms with van der Waals surface area (Å²) in [5.41, 5.74) is 0. The third-order valence-corrected chi connectivity index (χ3v) is 3.25. The standard InChI is InChI=1S/C14H23N3O.HI/c1-15-14(16-9-2-4-12-6-7-12)17-10-8-13-5-3-11-18-13;/h3,5,11-12H,2,4,6-10H2,1H3,(H2,15,16,17);1H. The van der Waals surface area contributed by atoms with Gasteiger partial charge in [-0.15, -0.1) is 24.0 Å². The first-order valence-corrected chi connectivity index (χ1v) is 6.85. The van der Waals surface area contributed by atoms with E-state index < -0.39 is 0 Å². The molecule has 4 nitrogen and oxygen atoms in total. The summed E-state index contributed by atoms with van der Waals surface area (Å²) in [5.74, 6) is 2.91. The molecule has 0 atom stereocenters. The predicted octanol–water partition coefficient (Wildman–Crippen LogP) is 2.80. The molecule has 1 fully saturated rings. The molecule has 1 aliphatic carbocycles. The zero-order chi connectivity index (χ0) is 12.6. The fourth-order valence-corrected chi connectivity index (χ4v) is 1.98. The number of furan rings is 1. The number of nitrogens with zero attached hydrogens (tertiary/aromatic N) is 1. The van der Waals surface area contributed by atoms with Crippen LogP contribution in [0.1, 0.15) is 31.4 Å². The first kappa shape index (κ1) is 16.3. The van der Waals surface area contributed by atoms with Gasteiger partial charge in [-0.2, -0.15) is 0 Å². The normalized spacial score (nSPS) is 14.9. The van der Waals surface area contributed by atoms with Crippen molar-refractivity contribution in [3.8, 4) is 0 Å². The highest BCUT2D eigenvalue weighted by Gasteiger charge is 2.19. The average molecular weight is 377 g/mol. The molecule has 0 amide bonds. The summed E-state index contributed by atoms with van der Waals surface area (Å²) in [5, 5.41) is 6.63. The van der Waals surface area contributed by atoms with Gasteiger partial charge in [-0.25, -0.2) is 0 Å². The number of nitrogens with one attached hydrogen (secondary N) is 2. The summed E-state index contributed by atoms with van der Waals surface area (Å²) >= 11 is 0. The van der Waals surface area contributed by atoms with Gasteiger partial charge < -0.3 is 15.1 Å². The monoisotopic (exact) mass is 377 g/mol. The van der Waals surface area contributed by atoms with E-state index in [0.29, 0.717) is 0 Å². The van der Waals surface area contributed by atoms with E-state index in [-0.39, 0.29) is 24.0 Å². The van der Waals surface area contributed by atoms with Crippen LogP contribution >= 0.6 is 24.0 Å². The number of hydrogen-bond acceptors (Lipinski definition) is 2. The lowest BCUT2D eigenvalue weighted by Gasteiger charge is -2.11. The van der Waals surface area contributed by atoms with Crippen LogP contribution in [0.2, 0.25) is 0 Å². The second-order valence-electron chi connectivity index (χ2n) is 4.84. The second kappa shape index (κ2) is 9.23. The van der Waals surface area contributed by atoms with Crippen LogP contribution in [-0.2, 0) is 6.42 Å². The molecule has 1 heterocycles. The fraction of sp³-hybridized carbons (Fsp3) is 0.643. The molecule has 0 saturated heterocycles. The molecular formula is C14H24IN3O. The van der Waals surface area contributed by atoms with Gasteiger partial charge in [0.25, 0.3) is 0 Å². The zero-order valence-corrected chi connectivity index (χ0v) is 13.9. The second-order valence-corrected chi connectivity index (χ2v) is 4.84. The molecule has 0 aromatic carbocycles. The maximum atomic E-state index is 5.28. The summed E-state index contributed by atoms with van der Waals surface area (Å²) in [6.07, 6.45) is 8.07. The molecule has 5 heteroatoms. The molecular weight excluding hydrogens is 353 g/mol. The van der Waals surface area contributed by atoms with Crippen molar-refractivity contribution in [2.75, 3.05) is 20.1 Å². The van der Waals surface area contributed by atoms with Gasteiger partial charge in [-0.3, -0.25) is 4.99 Å². The summed E-state index contributed by atoms with van der Waals surface area (Å²) in [6.45, 7) is 1.85. The Morgan fingerprint density at radius 1 is 1.37 bits per heavy atom. The highest BCUT2D eigenvalue weighted by Crippen LogP contribution is 2.33. The van der Waals surface area contributed by atoms with E-state index in [0.717, 1.165) is 37.1 Å².